The summed E-state index contributed by atoms with van der Waals surface area (Å²) in [6, 6.07) is 7.16. The quantitative estimate of drug-likeness (QED) is 0.876. The Balaban J connectivity index is 2.01. The van der Waals surface area contributed by atoms with Gasteiger partial charge in [0.05, 0.1) is 15.7 Å². The molecule has 1 aliphatic rings. The third-order valence-corrected chi connectivity index (χ3v) is 6.30. The normalized spacial score (nSPS) is 23.1. The van der Waals surface area contributed by atoms with Crippen LogP contribution >= 0.6 is 11.6 Å². The van der Waals surface area contributed by atoms with Gasteiger partial charge in [-0.25, -0.2) is 8.42 Å². The molecule has 20 heavy (non-hydrogen) atoms. The third kappa shape index (κ3) is 3.74. The Morgan fingerprint density at radius 3 is 2.75 bits per heavy atom. The summed E-state index contributed by atoms with van der Waals surface area (Å²) in [5.41, 5.74) is 0. The van der Waals surface area contributed by atoms with Crippen LogP contribution in [0.3, 0.4) is 0 Å². The molecule has 0 bridgehead atoms. The second kappa shape index (κ2) is 6.92. The van der Waals surface area contributed by atoms with E-state index in [1.807, 2.05) is 0 Å². The first-order valence-corrected chi connectivity index (χ1v) is 9.28. The fourth-order valence-electron chi connectivity index (χ4n) is 3.03. The monoisotopic (exact) mass is 315 g/mol. The zero-order valence-electron chi connectivity index (χ0n) is 11.8. The maximum Gasteiger partial charge on any atom is 0.179 e. The lowest BCUT2D eigenvalue weighted by molar-refractivity contribution is 0.398. The number of halogens is 1. The molecular formula is C15H22ClNO2S. The first-order chi connectivity index (χ1) is 9.54. The molecule has 2 unspecified atom stereocenters. The number of nitrogens with one attached hydrogen (secondary N) is 1. The molecule has 1 saturated carbocycles. The number of hydrogen-bond acceptors (Lipinski definition) is 3. The lowest BCUT2D eigenvalue weighted by Gasteiger charge is -2.20. The van der Waals surface area contributed by atoms with Crippen molar-refractivity contribution >= 4 is 21.4 Å². The highest BCUT2D eigenvalue weighted by Crippen LogP contribution is 2.30. The van der Waals surface area contributed by atoms with E-state index in [0.717, 1.165) is 19.4 Å². The summed E-state index contributed by atoms with van der Waals surface area (Å²) in [6.45, 7) is 3.04. The minimum atomic E-state index is -3.28. The van der Waals surface area contributed by atoms with Crippen molar-refractivity contribution in [2.24, 2.45) is 5.92 Å². The van der Waals surface area contributed by atoms with E-state index in [0.29, 0.717) is 23.4 Å². The van der Waals surface area contributed by atoms with E-state index in [2.05, 4.69) is 12.2 Å². The van der Waals surface area contributed by atoms with Gasteiger partial charge in [-0.2, -0.15) is 0 Å². The van der Waals surface area contributed by atoms with Crippen molar-refractivity contribution in [3.63, 3.8) is 0 Å². The summed E-state index contributed by atoms with van der Waals surface area (Å²) in [5.74, 6) is 0.649. The maximum atomic E-state index is 12.4. The molecule has 0 amide bonds. The van der Waals surface area contributed by atoms with Crippen LogP contribution in [0.1, 0.15) is 32.6 Å². The van der Waals surface area contributed by atoms with Gasteiger partial charge < -0.3 is 5.32 Å². The molecule has 1 N–H and O–H groups in total. The predicted molar refractivity (Wildman–Crippen MR) is 82.9 cm³/mol. The van der Waals surface area contributed by atoms with Crippen molar-refractivity contribution in [3.8, 4) is 0 Å². The van der Waals surface area contributed by atoms with Crippen LogP contribution in [0.4, 0.5) is 0 Å². The molecule has 112 valence electrons. The standard InChI is InChI=1S/C15H22ClNO2S/c1-2-17-14-8-5-6-12(14)10-11-20(18,19)15-9-4-3-7-13(15)16/h3-4,7,9,12,14,17H,2,5-6,8,10-11H2,1H3. The molecule has 1 aromatic carbocycles. The van der Waals surface area contributed by atoms with E-state index in [9.17, 15) is 8.42 Å². The van der Waals surface area contributed by atoms with Crippen LogP contribution in [0.15, 0.2) is 29.2 Å². The third-order valence-electron chi connectivity index (χ3n) is 4.05. The highest BCUT2D eigenvalue weighted by atomic mass is 35.5. The van der Waals surface area contributed by atoms with Gasteiger partial charge in [-0.15, -0.1) is 0 Å². The van der Waals surface area contributed by atoms with Crippen LogP contribution in [0, 0.1) is 5.92 Å². The van der Waals surface area contributed by atoms with Crippen LogP contribution in [-0.4, -0.2) is 26.8 Å². The van der Waals surface area contributed by atoms with Crippen LogP contribution in [-0.2, 0) is 9.84 Å². The molecule has 2 rings (SSSR count). The van der Waals surface area contributed by atoms with E-state index in [1.54, 1.807) is 24.3 Å². The Morgan fingerprint density at radius 1 is 1.30 bits per heavy atom. The summed E-state index contributed by atoms with van der Waals surface area (Å²) >= 11 is 5.99. The molecule has 1 aliphatic carbocycles. The highest BCUT2D eigenvalue weighted by molar-refractivity contribution is 7.91. The van der Waals surface area contributed by atoms with Crippen molar-refractivity contribution in [1.29, 1.82) is 0 Å². The van der Waals surface area contributed by atoms with Gasteiger partial charge in [-0.1, -0.05) is 37.1 Å². The zero-order chi connectivity index (χ0) is 14.6. The topological polar surface area (TPSA) is 46.2 Å². The molecule has 1 fully saturated rings. The molecule has 0 saturated heterocycles. The van der Waals surface area contributed by atoms with Gasteiger partial charge in [0.25, 0.3) is 0 Å². The van der Waals surface area contributed by atoms with E-state index in [1.165, 1.54) is 6.42 Å². The SMILES string of the molecule is CCNC1CCCC1CCS(=O)(=O)c1ccccc1Cl. The van der Waals surface area contributed by atoms with E-state index >= 15 is 0 Å². The molecule has 0 radical (unpaired) electrons. The van der Waals surface area contributed by atoms with Gasteiger partial charge >= 0.3 is 0 Å². The average molecular weight is 316 g/mol. The molecule has 5 heteroatoms. The van der Waals surface area contributed by atoms with Crippen LogP contribution in [0.2, 0.25) is 5.02 Å². The van der Waals surface area contributed by atoms with E-state index < -0.39 is 9.84 Å². The Hall–Kier alpha value is -0.580. The summed E-state index contributed by atoms with van der Waals surface area (Å²) in [7, 11) is -3.28. The molecule has 2 atom stereocenters. The van der Waals surface area contributed by atoms with Crippen molar-refractivity contribution in [3.05, 3.63) is 29.3 Å². The van der Waals surface area contributed by atoms with Crippen LogP contribution in [0.25, 0.3) is 0 Å². The Kier molecular flexibility index (Phi) is 5.47. The average Bonchev–Trinajstić information content (AvgIpc) is 2.85. The largest absolute Gasteiger partial charge is 0.314 e. The van der Waals surface area contributed by atoms with Gasteiger partial charge in [-0.05, 0) is 43.9 Å². The summed E-state index contributed by atoms with van der Waals surface area (Å²) in [6.07, 6.45) is 4.18. The van der Waals surface area contributed by atoms with E-state index in [-0.39, 0.29) is 10.6 Å². The summed E-state index contributed by atoms with van der Waals surface area (Å²) in [4.78, 5) is 0.264. The Labute approximate surface area is 126 Å². The van der Waals surface area contributed by atoms with E-state index in [4.69, 9.17) is 11.6 Å². The second-order valence-corrected chi connectivity index (χ2v) is 7.88. The van der Waals surface area contributed by atoms with Crippen LogP contribution < -0.4 is 5.32 Å². The maximum absolute atomic E-state index is 12.4. The fraction of sp³-hybridized carbons (Fsp3) is 0.600. The van der Waals surface area contributed by atoms with Crippen molar-refractivity contribution in [1.82, 2.24) is 5.32 Å². The smallest absolute Gasteiger partial charge is 0.179 e. The lowest BCUT2D eigenvalue weighted by atomic mass is 10.0. The van der Waals surface area contributed by atoms with Gasteiger partial charge in [0, 0.05) is 6.04 Å². The number of benzene rings is 1. The number of rotatable bonds is 6. The molecule has 3 nitrogen and oxygen atoms in total. The van der Waals surface area contributed by atoms with Gasteiger partial charge in [0.15, 0.2) is 9.84 Å². The van der Waals surface area contributed by atoms with Crippen molar-refractivity contribution < 1.29 is 8.42 Å². The van der Waals surface area contributed by atoms with Gasteiger partial charge in [-0.3, -0.25) is 0 Å². The predicted octanol–water partition coefficient (Wildman–Crippen LogP) is 3.28. The number of hydrogen-bond donors (Lipinski definition) is 1. The molecule has 0 heterocycles. The summed E-state index contributed by atoms with van der Waals surface area (Å²) in [5, 5.41) is 3.78. The first-order valence-electron chi connectivity index (χ1n) is 7.25. The highest BCUT2D eigenvalue weighted by Gasteiger charge is 2.28. The lowest BCUT2D eigenvalue weighted by Crippen LogP contribution is -2.33. The van der Waals surface area contributed by atoms with Crippen molar-refractivity contribution in [2.45, 2.75) is 43.5 Å². The Morgan fingerprint density at radius 2 is 2.05 bits per heavy atom. The molecule has 0 aliphatic heterocycles. The van der Waals surface area contributed by atoms with Crippen LogP contribution in [0.5, 0.6) is 0 Å². The zero-order valence-corrected chi connectivity index (χ0v) is 13.4. The van der Waals surface area contributed by atoms with Crippen molar-refractivity contribution in [2.75, 3.05) is 12.3 Å². The minimum absolute atomic E-state index is 0.184. The Bertz CT molecular complexity index is 545. The molecule has 0 spiro atoms. The van der Waals surface area contributed by atoms with Gasteiger partial charge in [0.1, 0.15) is 0 Å². The minimum Gasteiger partial charge on any atom is -0.314 e. The summed E-state index contributed by atoms with van der Waals surface area (Å²) < 4.78 is 24.7. The second-order valence-electron chi connectivity index (χ2n) is 5.39. The molecule has 0 aromatic heterocycles. The molecule has 1 aromatic rings. The number of sulfone groups is 1. The first kappa shape index (κ1) is 15.8. The molecular weight excluding hydrogens is 294 g/mol. The van der Waals surface area contributed by atoms with Gasteiger partial charge in [0.2, 0.25) is 0 Å². The fourth-order valence-corrected chi connectivity index (χ4v) is 5.00.